The Morgan fingerprint density at radius 1 is 1.33 bits per heavy atom. The quantitative estimate of drug-likeness (QED) is 0.771. The lowest BCUT2D eigenvalue weighted by Gasteiger charge is -2.06. The first-order chi connectivity index (χ1) is 10.1. The van der Waals surface area contributed by atoms with Crippen molar-refractivity contribution >= 4 is 11.3 Å². The standard InChI is InChI=1S/C14H19N7/c1-10(2)11-8-12-14(16-6-7-21(12)19-11)15-5-4-13-18-17-9-20(13)3/h6-10H,4-5H2,1-3H3,(H,15,16). The van der Waals surface area contributed by atoms with Crippen molar-refractivity contribution in [3.63, 3.8) is 0 Å². The molecule has 3 heterocycles. The van der Waals surface area contributed by atoms with Crippen molar-refractivity contribution in [2.45, 2.75) is 26.2 Å². The van der Waals surface area contributed by atoms with E-state index in [-0.39, 0.29) is 0 Å². The lowest BCUT2D eigenvalue weighted by molar-refractivity contribution is 0.782. The van der Waals surface area contributed by atoms with Crippen molar-refractivity contribution < 1.29 is 0 Å². The van der Waals surface area contributed by atoms with Gasteiger partial charge in [-0.1, -0.05) is 13.8 Å². The summed E-state index contributed by atoms with van der Waals surface area (Å²) in [5, 5.41) is 15.9. The van der Waals surface area contributed by atoms with Gasteiger partial charge >= 0.3 is 0 Å². The van der Waals surface area contributed by atoms with E-state index >= 15 is 0 Å². The SMILES string of the molecule is CC(C)c1cc2c(NCCc3nncn3C)nccn2n1. The van der Waals surface area contributed by atoms with Gasteiger partial charge in [-0.25, -0.2) is 9.50 Å². The van der Waals surface area contributed by atoms with Gasteiger partial charge in [-0.05, 0) is 12.0 Å². The molecule has 0 radical (unpaired) electrons. The van der Waals surface area contributed by atoms with E-state index in [1.807, 2.05) is 22.3 Å². The van der Waals surface area contributed by atoms with Gasteiger partial charge in [0.15, 0.2) is 5.82 Å². The Morgan fingerprint density at radius 3 is 2.90 bits per heavy atom. The minimum absolute atomic E-state index is 0.399. The maximum Gasteiger partial charge on any atom is 0.152 e. The number of nitrogens with one attached hydrogen (secondary N) is 1. The topological polar surface area (TPSA) is 72.9 Å². The molecule has 0 amide bonds. The summed E-state index contributed by atoms with van der Waals surface area (Å²) in [7, 11) is 1.94. The summed E-state index contributed by atoms with van der Waals surface area (Å²) in [6.07, 6.45) is 6.13. The van der Waals surface area contributed by atoms with Gasteiger partial charge in [0.25, 0.3) is 0 Å². The van der Waals surface area contributed by atoms with E-state index in [0.717, 1.165) is 35.8 Å². The van der Waals surface area contributed by atoms with Crippen LogP contribution in [0.25, 0.3) is 5.52 Å². The molecule has 0 atom stereocenters. The first-order valence-corrected chi connectivity index (χ1v) is 7.06. The number of aromatic nitrogens is 6. The van der Waals surface area contributed by atoms with Gasteiger partial charge in [0.1, 0.15) is 17.7 Å². The molecule has 21 heavy (non-hydrogen) atoms. The first kappa shape index (κ1) is 13.5. The molecule has 0 saturated carbocycles. The molecule has 7 nitrogen and oxygen atoms in total. The van der Waals surface area contributed by atoms with Gasteiger partial charge in [-0.2, -0.15) is 5.10 Å². The molecular weight excluding hydrogens is 266 g/mol. The Balaban J connectivity index is 1.76. The van der Waals surface area contributed by atoms with Gasteiger partial charge in [0, 0.05) is 32.4 Å². The third-order valence-electron chi connectivity index (χ3n) is 3.45. The third kappa shape index (κ3) is 2.72. The highest BCUT2D eigenvalue weighted by molar-refractivity contribution is 5.67. The Morgan fingerprint density at radius 2 is 2.19 bits per heavy atom. The van der Waals surface area contributed by atoms with Crippen molar-refractivity contribution in [1.82, 2.24) is 29.4 Å². The second-order valence-corrected chi connectivity index (χ2v) is 5.36. The lowest BCUT2D eigenvalue weighted by atomic mass is 10.1. The molecule has 7 heteroatoms. The van der Waals surface area contributed by atoms with Crippen LogP contribution in [0.3, 0.4) is 0 Å². The highest BCUT2D eigenvalue weighted by atomic mass is 15.3. The summed E-state index contributed by atoms with van der Waals surface area (Å²) >= 11 is 0. The van der Waals surface area contributed by atoms with Gasteiger partial charge in [0.2, 0.25) is 0 Å². The molecule has 3 aromatic heterocycles. The lowest BCUT2D eigenvalue weighted by Crippen LogP contribution is -2.10. The minimum atomic E-state index is 0.399. The molecule has 0 bridgehead atoms. The first-order valence-electron chi connectivity index (χ1n) is 7.06. The number of nitrogens with zero attached hydrogens (tertiary/aromatic N) is 6. The molecule has 0 saturated heterocycles. The summed E-state index contributed by atoms with van der Waals surface area (Å²) in [6, 6.07) is 2.09. The van der Waals surface area contributed by atoms with Gasteiger partial charge in [-0.15, -0.1) is 10.2 Å². The van der Waals surface area contributed by atoms with Crippen LogP contribution in [0, 0.1) is 0 Å². The predicted molar refractivity (Wildman–Crippen MR) is 80.3 cm³/mol. The summed E-state index contributed by atoms with van der Waals surface area (Å²) < 4.78 is 3.79. The Bertz CT molecular complexity index is 741. The van der Waals surface area contributed by atoms with Crippen molar-refractivity contribution in [2.24, 2.45) is 7.05 Å². The van der Waals surface area contributed by atoms with Crippen LogP contribution in [0.1, 0.15) is 31.3 Å². The average molecular weight is 285 g/mol. The van der Waals surface area contributed by atoms with Crippen LogP contribution in [0.4, 0.5) is 5.82 Å². The van der Waals surface area contributed by atoms with Gasteiger partial charge in [0.05, 0.1) is 5.69 Å². The van der Waals surface area contributed by atoms with Crippen molar-refractivity contribution in [3.05, 3.63) is 36.3 Å². The maximum absolute atomic E-state index is 4.56. The van der Waals surface area contributed by atoms with E-state index in [1.165, 1.54) is 0 Å². The molecule has 3 rings (SSSR count). The van der Waals surface area contributed by atoms with E-state index in [0.29, 0.717) is 5.92 Å². The normalized spacial score (nSPS) is 11.4. The molecule has 0 aliphatic carbocycles. The summed E-state index contributed by atoms with van der Waals surface area (Å²) in [6.45, 7) is 5.02. The molecule has 0 aliphatic heterocycles. The maximum atomic E-state index is 4.56. The van der Waals surface area contributed by atoms with Crippen LogP contribution < -0.4 is 5.32 Å². The molecular formula is C14H19N7. The third-order valence-corrected chi connectivity index (χ3v) is 3.45. The molecule has 0 aliphatic rings. The fourth-order valence-electron chi connectivity index (χ4n) is 2.19. The van der Waals surface area contributed by atoms with Gasteiger partial charge in [-0.3, -0.25) is 0 Å². The Kier molecular flexibility index (Phi) is 3.55. The number of aryl methyl sites for hydroxylation is 1. The van der Waals surface area contributed by atoms with Crippen LogP contribution in [-0.4, -0.2) is 35.9 Å². The largest absolute Gasteiger partial charge is 0.368 e. The van der Waals surface area contributed by atoms with Crippen molar-refractivity contribution in [1.29, 1.82) is 0 Å². The number of fused-ring (bicyclic) bond motifs is 1. The molecule has 0 fully saturated rings. The minimum Gasteiger partial charge on any atom is -0.368 e. The van der Waals surface area contributed by atoms with Crippen LogP contribution in [0.5, 0.6) is 0 Å². The second-order valence-electron chi connectivity index (χ2n) is 5.36. The molecule has 1 N–H and O–H groups in total. The molecule has 0 spiro atoms. The molecule has 3 aromatic rings. The number of anilines is 1. The second kappa shape index (κ2) is 5.51. The summed E-state index contributed by atoms with van der Waals surface area (Å²) in [5.74, 6) is 2.20. The van der Waals surface area contributed by atoms with Gasteiger partial charge < -0.3 is 9.88 Å². The fourth-order valence-corrected chi connectivity index (χ4v) is 2.19. The van der Waals surface area contributed by atoms with E-state index < -0.39 is 0 Å². The van der Waals surface area contributed by atoms with Crippen LogP contribution in [0.2, 0.25) is 0 Å². The van der Waals surface area contributed by atoms with Crippen molar-refractivity contribution in [3.8, 4) is 0 Å². The van der Waals surface area contributed by atoms with Crippen molar-refractivity contribution in [2.75, 3.05) is 11.9 Å². The fraction of sp³-hybridized carbons (Fsp3) is 0.429. The van der Waals surface area contributed by atoms with Crippen LogP contribution >= 0.6 is 0 Å². The van der Waals surface area contributed by atoms with E-state index in [9.17, 15) is 0 Å². The molecule has 0 unspecified atom stereocenters. The van der Waals surface area contributed by atoms with Crippen LogP contribution in [0.15, 0.2) is 24.8 Å². The Labute approximate surface area is 123 Å². The van der Waals surface area contributed by atoms with E-state index in [2.05, 4.69) is 45.5 Å². The average Bonchev–Trinajstić information content (AvgIpc) is 3.06. The number of rotatable bonds is 5. The van der Waals surface area contributed by atoms with E-state index in [4.69, 9.17) is 0 Å². The zero-order chi connectivity index (χ0) is 14.8. The number of hydrogen-bond acceptors (Lipinski definition) is 5. The zero-order valence-corrected chi connectivity index (χ0v) is 12.5. The summed E-state index contributed by atoms with van der Waals surface area (Å²) in [4.78, 5) is 4.41. The highest BCUT2D eigenvalue weighted by Crippen LogP contribution is 2.19. The van der Waals surface area contributed by atoms with E-state index in [1.54, 1.807) is 12.5 Å². The Hall–Kier alpha value is -2.44. The van der Waals surface area contributed by atoms with Crippen LogP contribution in [-0.2, 0) is 13.5 Å². The highest BCUT2D eigenvalue weighted by Gasteiger charge is 2.09. The molecule has 0 aromatic carbocycles. The predicted octanol–water partition coefficient (Wildman–Crippen LogP) is 1.64. The monoisotopic (exact) mass is 285 g/mol. The molecule has 110 valence electrons. The number of hydrogen-bond donors (Lipinski definition) is 1. The summed E-state index contributed by atoms with van der Waals surface area (Å²) in [5.41, 5.74) is 2.07. The smallest absolute Gasteiger partial charge is 0.152 e. The zero-order valence-electron chi connectivity index (χ0n) is 12.5.